The lowest BCUT2D eigenvalue weighted by atomic mass is 10.3. The number of likely N-dealkylation sites (N-methyl/N-ethyl adjacent to an activating group) is 1. The molecule has 146 valence electrons. The largest absolute Gasteiger partial charge is 0.460 e. The van der Waals surface area contributed by atoms with Crippen molar-refractivity contribution in [3.8, 4) is 0 Å². The molecule has 1 aliphatic heterocycles. The third-order valence-electron chi connectivity index (χ3n) is 4.58. The van der Waals surface area contributed by atoms with Gasteiger partial charge in [-0.3, -0.25) is 4.79 Å². The van der Waals surface area contributed by atoms with E-state index < -0.39 is 10.0 Å². The molecule has 1 aromatic heterocycles. The predicted octanol–water partition coefficient (Wildman–Crippen LogP) is 1.03. The number of carbonyl (C=O) groups is 1. The summed E-state index contributed by atoms with van der Waals surface area (Å²) in [6, 6.07) is 10.2. The Kier molecular flexibility index (Phi) is 5.98. The average molecular weight is 393 g/mol. The van der Waals surface area contributed by atoms with Crippen LogP contribution in [0, 0.1) is 6.92 Å². The standard InChI is InChI=1S/C19H25N3O4S/c1-15-5-8-17(26-15)13-21(2)14-19(23)20-16-6-9-18(10-7-16)27(24,25)22-11-3-4-12-22/h5-10H,3-4,11-14H2,1-2H3,(H,20,23)/p+1. The van der Waals surface area contributed by atoms with Gasteiger partial charge in [-0.2, -0.15) is 4.31 Å². The number of anilines is 1. The van der Waals surface area contributed by atoms with E-state index in [9.17, 15) is 13.2 Å². The molecule has 1 fully saturated rings. The van der Waals surface area contributed by atoms with Crippen LogP contribution < -0.4 is 10.2 Å². The molecule has 7 nitrogen and oxygen atoms in total. The van der Waals surface area contributed by atoms with Gasteiger partial charge in [0.15, 0.2) is 12.3 Å². The van der Waals surface area contributed by atoms with E-state index in [4.69, 9.17) is 4.42 Å². The minimum Gasteiger partial charge on any atom is -0.460 e. The molecule has 0 saturated carbocycles. The maximum atomic E-state index is 12.5. The number of nitrogens with zero attached hydrogens (tertiary/aromatic N) is 1. The molecule has 1 saturated heterocycles. The van der Waals surface area contributed by atoms with Crippen LogP contribution in [-0.2, 0) is 21.4 Å². The van der Waals surface area contributed by atoms with Crippen LogP contribution in [0.2, 0.25) is 0 Å². The number of carbonyl (C=O) groups excluding carboxylic acids is 1. The summed E-state index contributed by atoms with van der Waals surface area (Å²) in [5.41, 5.74) is 0.585. The zero-order chi connectivity index (χ0) is 19.4. The highest BCUT2D eigenvalue weighted by molar-refractivity contribution is 7.89. The average Bonchev–Trinajstić information content (AvgIpc) is 3.27. The number of rotatable bonds is 7. The maximum Gasteiger partial charge on any atom is 0.279 e. The number of aryl methyl sites for hydroxylation is 1. The summed E-state index contributed by atoms with van der Waals surface area (Å²) in [5, 5.41) is 2.81. The molecular formula is C19H26N3O4S+. The third-order valence-corrected chi connectivity index (χ3v) is 6.49. The molecule has 0 spiro atoms. The molecule has 1 amide bonds. The number of quaternary nitrogens is 1. The van der Waals surface area contributed by atoms with Gasteiger partial charge >= 0.3 is 0 Å². The molecule has 2 aromatic rings. The summed E-state index contributed by atoms with van der Waals surface area (Å²) >= 11 is 0. The number of furan rings is 1. The second kappa shape index (κ2) is 8.24. The van der Waals surface area contributed by atoms with Crippen LogP contribution in [0.5, 0.6) is 0 Å². The van der Waals surface area contributed by atoms with Crippen molar-refractivity contribution in [2.75, 3.05) is 32.0 Å². The molecular weight excluding hydrogens is 366 g/mol. The molecule has 0 aliphatic carbocycles. The molecule has 0 radical (unpaired) electrons. The number of nitrogens with one attached hydrogen (secondary N) is 2. The molecule has 1 atom stereocenters. The zero-order valence-electron chi connectivity index (χ0n) is 15.7. The molecule has 3 rings (SSSR count). The van der Waals surface area contributed by atoms with Crippen molar-refractivity contribution in [3.05, 3.63) is 47.9 Å². The molecule has 2 N–H and O–H groups in total. The summed E-state index contributed by atoms with van der Waals surface area (Å²) in [6.45, 7) is 3.94. The number of hydrogen-bond donors (Lipinski definition) is 2. The molecule has 0 bridgehead atoms. The van der Waals surface area contributed by atoms with E-state index >= 15 is 0 Å². The topological polar surface area (TPSA) is 84.1 Å². The molecule has 1 aliphatic rings. The second-order valence-corrected chi connectivity index (χ2v) is 8.94. The van der Waals surface area contributed by atoms with E-state index in [0.29, 0.717) is 25.3 Å². The van der Waals surface area contributed by atoms with Crippen molar-refractivity contribution < 1.29 is 22.5 Å². The van der Waals surface area contributed by atoms with E-state index in [0.717, 1.165) is 29.3 Å². The van der Waals surface area contributed by atoms with Gasteiger partial charge in [-0.1, -0.05) is 0 Å². The van der Waals surface area contributed by atoms with Gasteiger partial charge in [-0.15, -0.1) is 0 Å². The quantitative estimate of drug-likeness (QED) is 0.737. The van der Waals surface area contributed by atoms with Gasteiger partial charge in [0.1, 0.15) is 12.3 Å². The fourth-order valence-electron chi connectivity index (χ4n) is 3.21. The Balaban J connectivity index is 1.55. The van der Waals surface area contributed by atoms with E-state index in [1.807, 2.05) is 26.1 Å². The van der Waals surface area contributed by atoms with Gasteiger partial charge in [0.05, 0.1) is 11.9 Å². The summed E-state index contributed by atoms with van der Waals surface area (Å²) in [4.78, 5) is 13.5. The normalized spacial score (nSPS) is 16.4. The minimum atomic E-state index is -3.43. The highest BCUT2D eigenvalue weighted by Crippen LogP contribution is 2.22. The van der Waals surface area contributed by atoms with Gasteiger partial charge in [0.25, 0.3) is 5.91 Å². The molecule has 27 heavy (non-hydrogen) atoms. The first kappa shape index (κ1) is 19.6. The van der Waals surface area contributed by atoms with Gasteiger partial charge in [0, 0.05) is 18.8 Å². The zero-order valence-corrected chi connectivity index (χ0v) is 16.5. The predicted molar refractivity (Wildman–Crippen MR) is 102 cm³/mol. The van der Waals surface area contributed by atoms with Crippen molar-refractivity contribution in [1.29, 1.82) is 0 Å². The van der Waals surface area contributed by atoms with Gasteiger partial charge in [-0.25, -0.2) is 8.42 Å². The Morgan fingerprint density at radius 2 is 1.81 bits per heavy atom. The molecule has 1 aromatic carbocycles. The molecule has 8 heteroatoms. The van der Waals surface area contributed by atoms with Crippen molar-refractivity contribution >= 4 is 21.6 Å². The van der Waals surface area contributed by atoms with Crippen molar-refractivity contribution in [2.45, 2.75) is 31.2 Å². The third kappa shape index (κ3) is 4.97. The SMILES string of the molecule is Cc1ccc(C[NH+](C)CC(=O)Nc2ccc(S(=O)(=O)N3CCCC3)cc2)o1. The summed E-state index contributed by atoms with van der Waals surface area (Å²) in [6.07, 6.45) is 1.81. The lowest BCUT2D eigenvalue weighted by Gasteiger charge is -2.16. The number of amides is 1. The fourth-order valence-corrected chi connectivity index (χ4v) is 4.72. The first-order valence-electron chi connectivity index (χ1n) is 9.11. The number of benzene rings is 1. The summed E-state index contributed by atoms with van der Waals surface area (Å²) < 4.78 is 32.1. The Morgan fingerprint density at radius 3 is 2.41 bits per heavy atom. The Bertz CT molecular complexity index is 884. The van der Waals surface area contributed by atoms with Crippen LogP contribution in [-0.4, -0.2) is 45.3 Å². The van der Waals surface area contributed by atoms with E-state index in [2.05, 4.69) is 5.32 Å². The second-order valence-electron chi connectivity index (χ2n) is 7.01. The van der Waals surface area contributed by atoms with Crippen LogP contribution in [0.3, 0.4) is 0 Å². The summed E-state index contributed by atoms with van der Waals surface area (Å²) in [5.74, 6) is 1.56. The van der Waals surface area contributed by atoms with E-state index in [1.165, 1.54) is 4.31 Å². The fraction of sp³-hybridized carbons (Fsp3) is 0.421. The lowest BCUT2D eigenvalue weighted by Crippen LogP contribution is -3.08. The molecule has 2 heterocycles. The van der Waals surface area contributed by atoms with Gasteiger partial charge in [0.2, 0.25) is 10.0 Å². The van der Waals surface area contributed by atoms with Crippen LogP contribution >= 0.6 is 0 Å². The van der Waals surface area contributed by atoms with Gasteiger partial charge < -0.3 is 14.6 Å². The number of sulfonamides is 1. The van der Waals surface area contributed by atoms with E-state index in [-0.39, 0.29) is 17.3 Å². The van der Waals surface area contributed by atoms with Gasteiger partial charge in [-0.05, 0) is 56.2 Å². The molecule has 1 unspecified atom stereocenters. The highest BCUT2D eigenvalue weighted by Gasteiger charge is 2.27. The highest BCUT2D eigenvalue weighted by atomic mass is 32.2. The van der Waals surface area contributed by atoms with Crippen LogP contribution in [0.4, 0.5) is 5.69 Å². The summed E-state index contributed by atoms with van der Waals surface area (Å²) in [7, 11) is -1.51. The number of hydrogen-bond acceptors (Lipinski definition) is 4. The smallest absolute Gasteiger partial charge is 0.279 e. The maximum absolute atomic E-state index is 12.5. The Morgan fingerprint density at radius 1 is 1.15 bits per heavy atom. The van der Waals surface area contributed by atoms with Crippen LogP contribution in [0.15, 0.2) is 45.7 Å². The van der Waals surface area contributed by atoms with Crippen molar-refractivity contribution in [1.82, 2.24) is 4.31 Å². The Hall–Kier alpha value is -2.16. The van der Waals surface area contributed by atoms with Crippen molar-refractivity contribution in [2.24, 2.45) is 0 Å². The lowest BCUT2D eigenvalue weighted by molar-refractivity contribution is -0.886. The monoisotopic (exact) mass is 392 g/mol. The van der Waals surface area contributed by atoms with Crippen LogP contribution in [0.25, 0.3) is 0 Å². The minimum absolute atomic E-state index is 0.133. The Labute approximate surface area is 160 Å². The van der Waals surface area contributed by atoms with Crippen LogP contribution in [0.1, 0.15) is 24.4 Å². The van der Waals surface area contributed by atoms with Crippen molar-refractivity contribution in [3.63, 3.8) is 0 Å². The first-order chi connectivity index (χ1) is 12.8. The first-order valence-corrected chi connectivity index (χ1v) is 10.6. The van der Waals surface area contributed by atoms with E-state index in [1.54, 1.807) is 24.3 Å².